The zero-order chi connectivity index (χ0) is 20.3. The van der Waals surface area contributed by atoms with Crippen molar-refractivity contribution < 1.29 is 9.59 Å². The second-order valence-corrected chi connectivity index (χ2v) is 9.39. The summed E-state index contributed by atoms with van der Waals surface area (Å²) in [6.07, 6.45) is 2.26. The SMILES string of the molecule is CC(C)(C)c1ccc([C@@H]2C3=C(N=C4CCCC(=O)C42)c2ccccc2C3=O)cc1. The van der Waals surface area contributed by atoms with E-state index in [2.05, 4.69) is 45.0 Å². The Morgan fingerprint density at radius 3 is 2.24 bits per heavy atom. The highest BCUT2D eigenvalue weighted by Crippen LogP contribution is 2.49. The van der Waals surface area contributed by atoms with Crippen molar-refractivity contribution in [3.8, 4) is 0 Å². The molecule has 0 spiro atoms. The number of ketones is 2. The number of carbonyl (C=O) groups is 2. The second-order valence-electron chi connectivity index (χ2n) is 9.39. The minimum absolute atomic E-state index is 0.0293. The molecule has 1 fully saturated rings. The van der Waals surface area contributed by atoms with Crippen LogP contribution in [-0.4, -0.2) is 17.3 Å². The molecule has 1 saturated carbocycles. The van der Waals surface area contributed by atoms with E-state index in [1.807, 2.05) is 24.3 Å². The molecule has 1 aliphatic heterocycles. The lowest BCUT2D eigenvalue weighted by Crippen LogP contribution is -2.37. The van der Waals surface area contributed by atoms with E-state index in [0.29, 0.717) is 17.6 Å². The number of aliphatic imine (C=N–C) groups is 1. The van der Waals surface area contributed by atoms with Crippen molar-refractivity contribution in [3.63, 3.8) is 0 Å². The van der Waals surface area contributed by atoms with Gasteiger partial charge in [0.15, 0.2) is 5.78 Å². The van der Waals surface area contributed by atoms with Crippen LogP contribution in [0.3, 0.4) is 0 Å². The minimum atomic E-state index is -0.304. The highest BCUT2D eigenvalue weighted by atomic mass is 16.1. The number of Topliss-reactive ketones (excluding diaryl/α,β-unsaturated/α-hetero) is 2. The first-order valence-electron chi connectivity index (χ1n) is 10.4. The maximum absolute atomic E-state index is 13.4. The van der Waals surface area contributed by atoms with E-state index >= 15 is 0 Å². The average Bonchev–Trinajstić information content (AvgIpc) is 2.99. The molecule has 3 aliphatic rings. The third kappa shape index (κ3) is 2.75. The molecule has 0 amide bonds. The van der Waals surface area contributed by atoms with Gasteiger partial charge in [-0.1, -0.05) is 69.3 Å². The van der Waals surface area contributed by atoms with Crippen LogP contribution in [0.2, 0.25) is 0 Å². The Balaban J connectivity index is 1.69. The van der Waals surface area contributed by atoms with Gasteiger partial charge in [-0.2, -0.15) is 0 Å². The topological polar surface area (TPSA) is 46.5 Å². The molecule has 0 bridgehead atoms. The van der Waals surface area contributed by atoms with Gasteiger partial charge in [-0.3, -0.25) is 14.6 Å². The van der Waals surface area contributed by atoms with E-state index in [4.69, 9.17) is 4.99 Å². The molecule has 0 aromatic heterocycles. The van der Waals surface area contributed by atoms with Crippen molar-refractivity contribution in [1.82, 2.24) is 0 Å². The summed E-state index contributed by atoms with van der Waals surface area (Å²) in [6.45, 7) is 6.57. The van der Waals surface area contributed by atoms with Crippen LogP contribution in [0, 0.1) is 5.92 Å². The van der Waals surface area contributed by atoms with Crippen LogP contribution in [0.4, 0.5) is 0 Å². The molecule has 3 nitrogen and oxygen atoms in total. The lowest BCUT2D eigenvalue weighted by Gasteiger charge is -2.35. The minimum Gasteiger partial charge on any atom is -0.299 e. The number of allylic oxidation sites excluding steroid dienone is 1. The largest absolute Gasteiger partial charge is 0.299 e. The maximum Gasteiger partial charge on any atom is 0.192 e. The molecule has 29 heavy (non-hydrogen) atoms. The number of hydrogen-bond donors (Lipinski definition) is 0. The van der Waals surface area contributed by atoms with Gasteiger partial charge in [0.25, 0.3) is 0 Å². The fourth-order valence-corrected chi connectivity index (χ4v) is 5.00. The first-order valence-corrected chi connectivity index (χ1v) is 10.4. The quantitative estimate of drug-likeness (QED) is 0.653. The van der Waals surface area contributed by atoms with Gasteiger partial charge in [0, 0.05) is 34.8 Å². The standard InChI is InChI=1S/C26H25NO2/c1-26(2,3)16-13-11-15(12-14-16)21-22-19(9-6-10-20(22)28)27-24-17-7-4-5-8-18(17)25(29)23(21)24/h4-5,7-8,11-14,21-22H,6,9-10H2,1-3H3/t21-,22?/m0/s1. The monoisotopic (exact) mass is 383 g/mol. The van der Waals surface area contributed by atoms with Crippen molar-refractivity contribution in [3.05, 3.63) is 76.4 Å². The summed E-state index contributed by atoms with van der Waals surface area (Å²) < 4.78 is 0. The number of carbonyl (C=O) groups excluding carboxylic acids is 2. The van der Waals surface area contributed by atoms with Crippen LogP contribution in [0.1, 0.15) is 73.0 Å². The van der Waals surface area contributed by atoms with Crippen LogP contribution in [-0.2, 0) is 10.2 Å². The summed E-state index contributed by atoms with van der Waals surface area (Å²) in [4.78, 5) is 31.3. The molecule has 146 valence electrons. The number of hydrogen-bond acceptors (Lipinski definition) is 3. The van der Waals surface area contributed by atoms with Gasteiger partial charge in [0.1, 0.15) is 5.78 Å². The molecule has 5 rings (SSSR count). The predicted molar refractivity (Wildman–Crippen MR) is 115 cm³/mol. The van der Waals surface area contributed by atoms with Gasteiger partial charge in [-0.05, 0) is 29.4 Å². The summed E-state index contributed by atoms with van der Waals surface area (Å²) in [6, 6.07) is 16.2. The van der Waals surface area contributed by atoms with Crippen molar-refractivity contribution in [1.29, 1.82) is 0 Å². The molecule has 2 aromatic carbocycles. The van der Waals surface area contributed by atoms with E-state index in [9.17, 15) is 9.59 Å². The van der Waals surface area contributed by atoms with E-state index < -0.39 is 0 Å². The summed E-state index contributed by atoms with van der Waals surface area (Å²) >= 11 is 0. The van der Waals surface area contributed by atoms with E-state index in [0.717, 1.165) is 35.4 Å². The molecule has 0 saturated heterocycles. The molecule has 2 atom stereocenters. The van der Waals surface area contributed by atoms with E-state index in [1.54, 1.807) is 0 Å². The van der Waals surface area contributed by atoms with Gasteiger partial charge < -0.3 is 0 Å². The van der Waals surface area contributed by atoms with Gasteiger partial charge in [0.2, 0.25) is 0 Å². The van der Waals surface area contributed by atoms with E-state index in [1.165, 1.54) is 5.56 Å². The fraction of sp³-hybridized carbons (Fsp3) is 0.346. The van der Waals surface area contributed by atoms with Gasteiger partial charge in [0.05, 0.1) is 11.6 Å². The Morgan fingerprint density at radius 2 is 1.55 bits per heavy atom. The lowest BCUT2D eigenvalue weighted by molar-refractivity contribution is -0.121. The smallest absolute Gasteiger partial charge is 0.192 e. The lowest BCUT2D eigenvalue weighted by atomic mass is 9.69. The zero-order valence-corrected chi connectivity index (χ0v) is 17.2. The Hall–Kier alpha value is -2.81. The molecule has 2 aromatic rings. The molecule has 0 radical (unpaired) electrons. The van der Waals surface area contributed by atoms with Crippen LogP contribution < -0.4 is 0 Å². The Morgan fingerprint density at radius 1 is 0.862 bits per heavy atom. The molecule has 2 aliphatic carbocycles. The molecular formula is C26H25NO2. The molecule has 1 unspecified atom stereocenters. The van der Waals surface area contributed by atoms with Crippen LogP contribution in [0.5, 0.6) is 0 Å². The van der Waals surface area contributed by atoms with Crippen molar-refractivity contribution in [2.45, 2.75) is 51.4 Å². The van der Waals surface area contributed by atoms with Gasteiger partial charge in [-0.15, -0.1) is 0 Å². The average molecular weight is 383 g/mol. The van der Waals surface area contributed by atoms with Crippen LogP contribution in [0.25, 0.3) is 5.70 Å². The third-order valence-corrected chi connectivity index (χ3v) is 6.52. The summed E-state index contributed by atoms with van der Waals surface area (Å²) in [5, 5.41) is 0. The number of benzene rings is 2. The summed E-state index contributed by atoms with van der Waals surface area (Å²) in [7, 11) is 0. The normalized spacial score (nSPS) is 23.5. The number of fused-ring (bicyclic) bond motifs is 3. The predicted octanol–water partition coefficient (Wildman–Crippen LogP) is 5.50. The van der Waals surface area contributed by atoms with Gasteiger partial charge >= 0.3 is 0 Å². The highest BCUT2D eigenvalue weighted by molar-refractivity contribution is 6.25. The van der Waals surface area contributed by atoms with Crippen LogP contribution >= 0.6 is 0 Å². The molecule has 0 N–H and O–H groups in total. The van der Waals surface area contributed by atoms with Crippen LogP contribution in [0.15, 0.2) is 59.1 Å². The Labute approximate surface area is 171 Å². The second kappa shape index (κ2) is 6.35. The summed E-state index contributed by atoms with van der Waals surface area (Å²) in [5.74, 6) is -0.294. The third-order valence-electron chi connectivity index (χ3n) is 6.52. The maximum atomic E-state index is 13.4. The molecular weight excluding hydrogens is 358 g/mol. The van der Waals surface area contributed by atoms with Crippen molar-refractivity contribution in [2.24, 2.45) is 10.9 Å². The number of rotatable bonds is 1. The number of nitrogens with zero attached hydrogens (tertiary/aromatic N) is 1. The Bertz CT molecular complexity index is 1100. The fourth-order valence-electron chi connectivity index (χ4n) is 5.00. The molecule has 3 heteroatoms. The van der Waals surface area contributed by atoms with E-state index in [-0.39, 0.29) is 28.8 Å². The zero-order valence-electron chi connectivity index (χ0n) is 17.2. The Kier molecular flexibility index (Phi) is 3.99. The first kappa shape index (κ1) is 18.2. The molecule has 1 heterocycles. The first-order chi connectivity index (χ1) is 13.9. The summed E-state index contributed by atoms with van der Waals surface area (Å²) in [5.41, 5.74) is 6.42. The highest BCUT2D eigenvalue weighted by Gasteiger charge is 2.47. The van der Waals surface area contributed by atoms with Gasteiger partial charge in [-0.25, -0.2) is 0 Å². The van der Waals surface area contributed by atoms with Crippen molar-refractivity contribution in [2.75, 3.05) is 0 Å². The van der Waals surface area contributed by atoms with Crippen molar-refractivity contribution >= 4 is 23.0 Å².